The Kier molecular flexibility index (Phi) is 6.12. The van der Waals surface area contributed by atoms with Crippen LogP contribution in [-0.4, -0.2) is 49.3 Å². The first kappa shape index (κ1) is 21.8. The van der Waals surface area contributed by atoms with Crippen molar-refractivity contribution in [3.63, 3.8) is 0 Å². The summed E-state index contributed by atoms with van der Waals surface area (Å²) in [5.74, 6) is 0.224. The Hall–Kier alpha value is -2.93. The van der Waals surface area contributed by atoms with E-state index in [0.29, 0.717) is 30.6 Å². The fourth-order valence-corrected chi connectivity index (χ4v) is 3.91. The number of benzene rings is 1. The van der Waals surface area contributed by atoms with Gasteiger partial charge in [-0.2, -0.15) is 0 Å². The summed E-state index contributed by atoms with van der Waals surface area (Å²) in [4.78, 5) is 42.5. The van der Waals surface area contributed by atoms with Crippen LogP contribution in [0.4, 0.5) is 0 Å². The maximum Gasteiger partial charge on any atom is 0.261 e. The van der Waals surface area contributed by atoms with Crippen LogP contribution in [0.1, 0.15) is 58.3 Å². The number of Topliss-reactive ketones (excluding diaryl/α,β-unsaturated/α-hetero) is 1. The minimum absolute atomic E-state index is 0.0333. The van der Waals surface area contributed by atoms with Gasteiger partial charge in [0.05, 0.1) is 13.2 Å². The molecule has 3 rings (SSSR count). The third-order valence-corrected chi connectivity index (χ3v) is 5.54. The number of likely N-dealkylation sites (N-methyl/N-ethyl adjacent to an activating group) is 1. The number of nitrogens with zero attached hydrogens (tertiary/aromatic N) is 1. The van der Waals surface area contributed by atoms with Crippen molar-refractivity contribution in [3.05, 3.63) is 63.1 Å². The lowest BCUT2D eigenvalue weighted by Crippen LogP contribution is -2.38. The molecule has 160 valence electrons. The van der Waals surface area contributed by atoms with E-state index >= 15 is 0 Å². The zero-order chi connectivity index (χ0) is 22.1. The zero-order valence-electron chi connectivity index (χ0n) is 18.2. The van der Waals surface area contributed by atoms with Crippen molar-refractivity contribution in [3.8, 4) is 5.75 Å². The van der Waals surface area contributed by atoms with Gasteiger partial charge in [0.2, 0.25) is 0 Å². The molecule has 1 aromatic carbocycles. The normalized spacial score (nSPS) is 16.1. The van der Waals surface area contributed by atoms with Crippen molar-refractivity contribution in [1.29, 1.82) is 0 Å². The number of aromatic nitrogens is 1. The third kappa shape index (κ3) is 4.62. The molecule has 1 unspecified atom stereocenters. The molecule has 2 N–H and O–H groups in total. The maximum atomic E-state index is 12.8. The number of rotatable bonds is 6. The van der Waals surface area contributed by atoms with Crippen LogP contribution in [0.5, 0.6) is 5.75 Å². The summed E-state index contributed by atoms with van der Waals surface area (Å²) in [5.41, 5.74) is 1.36. The summed E-state index contributed by atoms with van der Waals surface area (Å²) >= 11 is 0. The lowest BCUT2D eigenvalue weighted by molar-refractivity contribution is 0.0910. The van der Waals surface area contributed by atoms with Gasteiger partial charge in [-0.15, -0.1) is 0 Å². The van der Waals surface area contributed by atoms with Crippen molar-refractivity contribution in [2.24, 2.45) is 5.41 Å². The molecule has 0 radical (unpaired) electrons. The van der Waals surface area contributed by atoms with Gasteiger partial charge in [0.15, 0.2) is 5.78 Å². The molecule has 1 amide bonds. The minimum atomic E-state index is -0.489. The van der Waals surface area contributed by atoms with Gasteiger partial charge in [-0.1, -0.05) is 26.0 Å². The number of ether oxygens (including phenoxy) is 1. The second kappa shape index (κ2) is 8.44. The number of hydrogen-bond donors (Lipinski definition) is 2. The number of carbonyl (C=O) groups is 2. The molecule has 0 fully saturated rings. The quantitative estimate of drug-likeness (QED) is 0.762. The van der Waals surface area contributed by atoms with Crippen LogP contribution in [0.15, 0.2) is 35.1 Å². The van der Waals surface area contributed by atoms with Gasteiger partial charge in [0.25, 0.3) is 11.5 Å². The highest BCUT2D eigenvalue weighted by atomic mass is 16.5. The van der Waals surface area contributed by atoms with Gasteiger partial charge in [-0.25, -0.2) is 0 Å². The number of methoxy groups -OCH3 is 1. The van der Waals surface area contributed by atoms with Crippen LogP contribution in [0.3, 0.4) is 0 Å². The maximum absolute atomic E-state index is 12.8. The van der Waals surface area contributed by atoms with E-state index in [4.69, 9.17) is 4.74 Å². The van der Waals surface area contributed by atoms with E-state index in [0.717, 1.165) is 11.3 Å². The van der Waals surface area contributed by atoms with Gasteiger partial charge in [0, 0.05) is 24.2 Å². The molecule has 0 spiro atoms. The van der Waals surface area contributed by atoms with Gasteiger partial charge in [-0.3, -0.25) is 14.4 Å². The average molecular weight is 412 g/mol. The highest BCUT2D eigenvalue weighted by Gasteiger charge is 2.32. The number of aromatic amines is 1. The molecule has 30 heavy (non-hydrogen) atoms. The number of amides is 1. The fraction of sp³-hybridized carbons (Fsp3) is 0.435. The van der Waals surface area contributed by atoms with Crippen LogP contribution >= 0.6 is 0 Å². The van der Waals surface area contributed by atoms with Crippen molar-refractivity contribution in [2.45, 2.75) is 32.7 Å². The van der Waals surface area contributed by atoms with Crippen molar-refractivity contribution in [2.75, 3.05) is 27.7 Å². The Labute approximate surface area is 176 Å². The Morgan fingerprint density at radius 3 is 2.47 bits per heavy atom. The number of H-pyrrole nitrogens is 1. The Morgan fingerprint density at radius 2 is 1.87 bits per heavy atom. The average Bonchev–Trinajstić information content (AvgIpc) is 2.66. The standard InChI is InChI=1S/C23H29N3O4/c1-23(2)11-18-16(20(27)12-23)10-17(22(29)25-18)21(28)24-13-19(26(3)4)14-6-8-15(30-5)9-7-14/h6-10,19H,11-13H2,1-5H3,(H,24,28)(H,25,29). The molecular weight excluding hydrogens is 382 g/mol. The van der Waals surface area contributed by atoms with Crippen LogP contribution in [0.25, 0.3) is 0 Å². The second-order valence-corrected chi connectivity index (χ2v) is 8.81. The minimum Gasteiger partial charge on any atom is -0.497 e. The van der Waals surface area contributed by atoms with Crippen LogP contribution in [0.2, 0.25) is 0 Å². The lowest BCUT2D eigenvalue weighted by Gasteiger charge is -2.29. The molecule has 1 heterocycles. The zero-order valence-corrected chi connectivity index (χ0v) is 18.2. The molecule has 1 aliphatic carbocycles. The Balaban J connectivity index is 1.79. The van der Waals surface area contributed by atoms with Gasteiger partial charge in [-0.05, 0) is 49.7 Å². The van der Waals surface area contributed by atoms with E-state index in [9.17, 15) is 14.4 Å². The molecule has 1 aliphatic rings. The number of hydrogen-bond acceptors (Lipinski definition) is 5. The largest absolute Gasteiger partial charge is 0.497 e. The summed E-state index contributed by atoms with van der Waals surface area (Å²) in [5, 5.41) is 2.84. The summed E-state index contributed by atoms with van der Waals surface area (Å²) < 4.78 is 5.20. The summed E-state index contributed by atoms with van der Waals surface area (Å²) in [6.45, 7) is 4.30. The van der Waals surface area contributed by atoms with Crippen molar-refractivity contribution >= 4 is 11.7 Å². The Morgan fingerprint density at radius 1 is 1.20 bits per heavy atom. The van der Waals surface area contributed by atoms with Crippen molar-refractivity contribution in [1.82, 2.24) is 15.2 Å². The number of fused-ring (bicyclic) bond motifs is 1. The van der Waals surface area contributed by atoms with E-state index in [2.05, 4.69) is 10.3 Å². The van der Waals surface area contributed by atoms with Crippen molar-refractivity contribution < 1.29 is 14.3 Å². The predicted molar refractivity (Wildman–Crippen MR) is 115 cm³/mol. The summed E-state index contributed by atoms with van der Waals surface area (Å²) in [6, 6.07) is 8.99. The van der Waals surface area contributed by atoms with E-state index < -0.39 is 11.5 Å². The molecule has 0 bridgehead atoms. The number of carbonyl (C=O) groups excluding carboxylic acids is 2. The first-order valence-corrected chi connectivity index (χ1v) is 9.99. The summed E-state index contributed by atoms with van der Waals surface area (Å²) in [6.07, 6.45) is 0.999. The van der Waals surface area contributed by atoms with Crippen LogP contribution < -0.4 is 15.6 Å². The van der Waals surface area contributed by atoms with Crippen LogP contribution in [0, 0.1) is 5.41 Å². The van der Waals surface area contributed by atoms with Crippen LogP contribution in [-0.2, 0) is 6.42 Å². The third-order valence-electron chi connectivity index (χ3n) is 5.54. The predicted octanol–water partition coefficient (Wildman–Crippen LogP) is 2.57. The molecule has 2 aromatic rings. The number of pyridine rings is 1. The molecule has 7 nitrogen and oxygen atoms in total. The smallest absolute Gasteiger partial charge is 0.261 e. The topological polar surface area (TPSA) is 91.5 Å². The molecule has 1 aromatic heterocycles. The SMILES string of the molecule is COc1ccc(C(CNC(=O)c2cc3c([nH]c2=O)CC(C)(C)CC3=O)N(C)C)cc1. The van der Waals surface area contributed by atoms with E-state index in [-0.39, 0.29) is 22.8 Å². The number of ketones is 1. The Bertz CT molecular complexity index is 1010. The lowest BCUT2D eigenvalue weighted by atomic mass is 9.75. The monoisotopic (exact) mass is 411 g/mol. The highest BCUT2D eigenvalue weighted by molar-refractivity contribution is 6.02. The van der Waals surface area contributed by atoms with E-state index in [1.165, 1.54) is 6.07 Å². The number of nitrogens with one attached hydrogen (secondary N) is 2. The van der Waals surface area contributed by atoms with E-state index in [1.54, 1.807) is 7.11 Å². The molecular formula is C23H29N3O4. The first-order valence-electron chi connectivity index (χ1n) is 9.99. The first-order chi connectivity index (χ1) is 14.1. The highest BCUT2D eigenvalue weighted by Crippen LogP contribution is 2.33. The summed E-state index contributed by atoms with van der Waals surface area (Å²) in [7, 11) is 5.46. The molecule has 1 atom stereocenters. The van der Waals surface area contributed by atoms with E-state index in [1.807, 2.05) is 57.1 Å². The molecule has 0 saturated carbocycles. The molecule has 7 heteroatoms. The molecule has 0 aliphatic heterocycles. The van der Waals surface area contributed by atoms with Gasteiger partial charge < -0.3 is 19.9 Å². The molecule has 0 saturated heterocycles. The second-order valence-electron chi connectivity index (χ2n) is 8.81. The van der Waals surface area contributed by atoms with Gasteiger partial charge >= 0.3 is 0 Å². The fourth-order valence-electron chi connectivity index (χ4n) is 3.91. The van der Waals surface area contributed by atoms with Gasteiger partial charge in [0.1, 0.15) is 11.3 Å².